The van der Waals surface area contributed by atoms with Crippen molar-refractivity contribution in [2.24, 2.45) is 0 Å². The molecule has 2 rings (SSSR count). The fourth-order valence-corrected chi connectivity index (χ4v) is 1.92. The molecule has 0 atom stereocenters. The van der Waals surface area contributed by atoms with Gasteiger partial charge in [0, 0.05) is 11.1 Å². The molecular weight excluding hydrogens is 194 g/mol. The van der Waals surface area contributed by atoms with Gasteiger partial charge < -0.3 is 5.73 Å². The van der Waals surface area contributed by atoms with Crippen molar-refractivity contribution in [3.05, 3.63) is 65.7 Å². The van der Waals surface area contributed by atoms with E-state index in [9.17, 15) is 0 Å². The Kier molecular flexibility index (Phi) is 2.69. The number of nitrogens with two attached hydrogens (primary N) is 1. The van der Waals surface area contributed by atoms with E-state index < -0.39 is 0 Å². The van der Waals surface area contributed by atoms with Gasteiger partial charge >= 0.3 is 0 Å². The zero-order valence-electron chi connectivity index (χ0n) is 9.77. The second kappa shape index (κ2) is 4.01. The van der Waals surface area contributed by atoms with E-state index in [2.05, 4.69) is 50.2 Å². The largest absolute Gasteiger partial charge is 0.399 e. The molecule has 0 aliphatic carbocycles. The molecule has 2 aromatic carbocycles. The van der Waals surface area contributed by atoms with Crippen LogP contribution in [0, 0.1) is 0 Å². The van der Waals surface area contributed by atoms with Crippen molar-refractivity contribution in [3.63, 3.8) is 0 Å². The van der Waals surface area contributed by atoms with Crippen LogP contribution in [0.2, 0.25) is 0 Å². The van der Waals surface area contributed by atoms with Crippen LogP contribution in [-0.2, 0) is 5.41 Å². The fourth-order valence-electron chi connectivity index (χ4n) is 1.92. The van der Waals surface area contributed by atoms with Gasteiger partial charge in [-0.25, -0.2) is 0 Å². The molecule has 16 heavy (non-hydrogen) atoms. The number of anilines is 1. The molecule has 0 saturated carbocycles. The summed E-state index contributed by atoms with van der Waals surface area (Å²) < 4.78 is 0. The third-order valence-electron chi connectivity index (χ3n) is 3.13. The van der Waals surface area contributed by atoms with Crippen LogP contribution in [0.15, 0.2) is 54.6 Å². The second-order valence-corrected chi connectivity index (χ2v) is 4.61. The van der Waals surface area contributed by atoms with Gasteiger partial charge in [0.2, 0.25) is 0 Å². The van der Waals surface area contributed by atoms with Crippen LogP contribution in [0.1, 0.15) is 25.0 Å². The summed E-state index contributed by atoms with van der Waals surface area (Å²) in [4.78, 5) is 0. The fraction of sp³-hybridized carbons (Fsp3) is 0.200. The Morgan fingerprint density at radius 2 is 1.25 bits per heavy atom. The molecule has 0 amide bonds. The van der Waals surface area contributed by atoms with Gasteiger partial charge in [0.05, 0.1) is 0 Å². The van der Waals surface area contributed by atoms with Gasteiger partial charge in [-0.2, -0.15) is 0 Å². The van der Waals surface area contributed by atoms with Crippen molar-refractivity contribution in [2.75, 3.05) is 5.73 Å². The number of benzene rings is 2. The third-order valence-corrected chi connectivity index (χ3v) is 3.13. The van der Waals surface area contributed by atoms with E-state index in [-0.39, 0.29) is 5.41 Å². The minimum absolute atomic E-state index is 0.0228. The summed E-state index contributed by atoms with van der Waals surface area (Å²) in [6, 6.07) is 18.6. The molecule has 0 spiro atoms. The van der Waals surface area contributed by atoms with Crippen molar-refractivity contribution < 1.29 is 0 Å². The van der Waals surface area contributed by atoms with Gasteiger partial charge in [-0.15, -0.1) is 0 Å². The lowest BCUT2D eigenvalue weighted by Gasteiger charge is -2.26. The first-order valence-corrected chi connectivity index (χ1v) is 5.52. The molecule has 0 fully saturated rings. The molecule has 2 N–H and O–H groups in total. The Labute approximate surface area is 96.9 Å². The van der Waals surface area contributed by atoms with Crippen LogP contribution < -0.4 is 5.73 Å². The maximum Gasteiger partial charge on any atom is 0.0314 e. The van der Waals surface area contributed by atoms with E-state index >= 15 is 0 Å². The Balaban J connectivity index is 2.43. The SMILES string of the molecule is CC(C)(c1ccccc1)c1ccc(N)cc1. The van der Waals surface area contributed by atoms with Crippen molar-refractivity contribution >= 4 is 5.69 Å². The summed E-state index contributed by atoms with van der Waals surface area (Å²) in [7, 11) is 0. The first-order valence-electron chi connectivity index (χ1n) is 5.52. The van der Waals surface area contributed by atoms with Gasteiger partial charge in [-0.3, -0.25) is 0 Å². The van der Waals surface area contributed by atoms with Gasteiger partial charge in [0.1, 0.15) is 0 Å². The Hall–Kier alpha value is -1.76. The van der Waals surface area contributed by atoms with E-state index in [0.29, 0.717) is 0 Å². The molecule has 0 aliphatic rings. The predicted molar refractivity (Wildman–Crippen MR) is 69.4 cm³/mol. The number of hydrogen-bond acceptors (Lipinski definition) is 1. The molecule has 1 heteroatoms. The van der Waals surface area contributed by atoms with E-state index in [4.69, 9.17) is 5.73 Å². The lowest BCUT2D eigenvalue weighted by atomic mass is 9.78. The third kappa shape index (κ3) is 1.94. The van der Waals surface area contributed by atoms with Crippen molar-refractivity contribution in [3.8, 4) is 0 Å². The summed E-state index contributed by atoms with van der Waals surface area (Å²) in [5, 5.41) is 0. The van der Waals surface area contributed by atoms with Crippen LogP contribution in [0.5, 0.6) is 0 Å². The highest BCUT2D eigenvalue weighted by atomic mass is 14.5. The van der Waals surface area contributed by atoms with Crippen molar-refractivity contribution in [1.29, 1.82) is 0 Å². The van der Waals surface area contributed by atoms with E-state index in [0.717, 1.165) is 5.69 Å². The average molecular weight is 211 g/mol. The molecule has 0 aromatic heterocycles. The zero-order chi connectivity index (χ0) is 11.6. The maximum atomic E-state index is 5.71. The molecule has 2 aromatic rings. The second-order valence-electron chi connectivity index (χ2n) is 4.61. The first kappa shape index (κ1) is 10.7. The summed E-state index contributed by atoms with van der Waals surface area (Å²) >= 11 is 0. The monoisotopic (exact) mass is 211 g/mol. The Bertz CT molecular complexity index is 455. The number of nitrogen functional groups attached to an aromatic ring is 1. The Morgan fingerprint density at radius 3 is 1.81 bits per heavy atom. The molecular formula is C15H17N. The highest BCUT2D eigenvalue weighted by molar-refractivity contribution is 5.44. The van der Waals surface area contributed by atoms with Crippen LogP contribution in [0.4, 0.5) is 5.69 Å². The summed E-state index contributed by atoms with van der Waals surface area (Å²) in [6.07, 6.45) is 0. The summed E-state index contributed by atoms with van der Waals surface area (Å²) in [6.45, 7) is 4.46. The molecule has 0 heterocycles. The summed E-state index contributed by atoms with van der Waals surface area (Å²) in [5.74, 6) is 0. The van der Waals surface area contributed by atoms with E-state index in [1.54, 1.807) is 0 Å². The normalized spacial score (nSPS) is 11.4. The van der Waals surface area contributed by atoms with Crippen LogP contribution in [-0.4, -0.2) is 0 Å². The van der Waals surface area contributed by atoms with Gasteiger partial charge in [0.15, 0.2) is 0 Å². The lowest BCUT2D eigenvalue weighted by Crippen LogP contribution is -2.18. The topological polar surface area (TPSA) is 26.0 Å². The van der Waals surface area contributed by atoms with E-state index in [1.165, 1.54) is 11.1 Å². The number of rotatable bonds is 2. The van der Waals surface area contributed by atoms with Gasteiger partial charge in [-0.05, 0) is 23.3 Å². The van der Waals surface area contributed by atoms with Crippen molar-refractivity contribution in [2.45, 2.75) is 19.3 Å². The first-order chi connectivity index (χ1) is 7.60. The van der Waals surface area contributed by atoms with Crippen LogP contribution in [0.25, 0.3) is 0 Å². The lowest BCUT2D eigenvalue weighted by molar-refractivity contribution is 0.641. The van der Waals surface area contributed by atoms with Crippen molar-refractivity contribution in [1.82, 2.24) is 0 Å². The standard InChI is InChI=1S/C15H17N/c1-15(2,12-6-4-3-5-7-12)13-8-10-14(16)11-9-13/h3-11H,16H2,1-2H3. The molecule has 0 unspecified atom stereocenters. The molecule has 82 valence electrons. The average Bonchev–Trinajstić information content (AvgIpc) is 2.31. The van der Waals surface area contributed by atoms with Gasteiger partial charge in [0.25, 0.3) is 0 Å². The Morgan fingerprint density at radius 1 is 0.750 bits per heavy atom. The van der Waals surface area contributed by atoms with E-state index in [1.807, 2.05) is 18.2 Å². The highest BCUT2D eigenvalue weighted by Crippen LogP contribution is 2.31. The number of hydrogen-bond donors (Lipinski definition) is 1. The minimum Gasteiger partial charge on any atom is -0.399 e. The van der Waals surface area contributed by atoms with Gasteiger partial charge in [-0.1, -0.05) is 56.3 Å². The van der Waals surface area contributed by atoms with Crippen LogP contribution in [0.3, 0.4) is 0 Å². The van der Waals surface area contributed by atoms with Crippen LogP contribution >= 0.6 is 0 Å². The summed E-state index contributed by atoms with van der Waals surface area (Å²) in [5.41, 5.74) is 9.15. The molecule has 0 saturated heterocycles. The smallest absolute Gasteiger partial charge is 0.0314 e. The zero-order valence-corrected chi connectivity index (χ0v) is 9.77. The minimum atomic E-state index is 0.0228. The predicted octanol–water partition coefficient (Wildman–Crippen LogP) is 3.59. The molecule has 0 aliphatic heterocycles. The molecule has 0 bridgehead atoms. The highest BCUT2D eigenvalue weighted by Gasteiger charge is 2.22. The molecule has 1 nitrogen and oxygen atoms in total. The maximum absolute atomic E-state index is 5.71. The molecule has 0 radical (unpaired) electrons. The quantitative estimate of drug-likeness (QED) is 0.755.